The summed E-state index contributed by atoms with van der Waals surface area (Å²) in [5.41, 5.74) is 3.35. The fourth-order valence-electron chi connectivity index (χ4n) is 2.85. The van der Waals surface area contributed by atoms with Gasteiger partial charge in [-0.1, -0.05) is 16.8 Å². The first kappa shape index (κ1) is 16.8. The molecule has 2 aromatic rings. The van der Waals surface area contributed by atoms with Gasteiger partial charge in [-0.2, -0.15) is 0 Å². The first-order valence-corrected chi connectivity index (χ1v) is 8.45. The molecule has 0 saturated carbocycles. The van der Waals surface area contributed by atoms with Gasteiger partial charge in [0.2, 0.25) is 0 Å². The van der Waals surface area contributed by atoms with Crippen molar-refractivity contribution in [3.63, 3.8) is 0 Å². The molecule has 1 aromatic heterocycles. The van der Waals surface area contributed by atoms with E-state index >= 15 is 0 Å². The van der Waals surface area contributed by atoms with E-state index in [-0.39, 0.29) is 19.1 Å². The molecule has 0 spiro atoms. The topological polar surface area (TPSA) is 87.4 Å². The Labute approximate surface area is 145 Å². The maximum absolute atomic E-state index is 11.9. The van der Waals surface area contributed by atoms with E-state index in [9.17, 15) is 4.79 Å². The van der Waals surface area contributed by atoms with Crippen molar-refractivity contribution in [2.45, 2.75) is 32.2 Å². The number of aromatic nitrogens is 1. The maximum Gasteiger partial charge on any atom is 0.252 e. The minimum Gasteiger partial charge on any atom is -0.395 e. The number of aliphatic hydroxyl groups excluding tert-OH is 1. The minimum absolute atomic E-state index is 0.106. The van der Waals surface area contributed by atoms with Gasteiger partial charge in [-0.3, -0.25) is 4.79 Å². The molecular weight excluding hydrogens is 330 g/mol. The normalized spacial score (nSPS) is 13.4. The summed E-state index contributed by atoms with van der Waals surface area (Å²) in [4.78, 5) is 11.9. The zero-order valence-corrected chi connectivity index (χ0v) is 14.0. The molecule has 6 nitrogen and oxygen atoms in total. The molecule has 0 fully saturated rings. The van der Waals surface area contributed by atoms with Crippen molar-refractivity contribution in [2.75, 3.05) is 18.5 Å². The van der Waals surface area contributed by atoms with Gasteiger partial charge in [0.05, 0.1) is 23.7 Å². The molecule has 24 heavy (non-hydrogen) atoms. The van der Waals surface area contributed by atoms with Gasteiger partial charge in [0.25, 0.3) is 5.91 Å². The lowest BCUT2D eigenvalue weighted by Gasteiger charge is -2.11. The number of aryl methyl sites for hydroxylation is 1. The second-order valence-corrected chi connectivity index (χ2v) is 6.17. The van der Waals surface area contributed by atoms with Crippen molar-refractivity contribution < 1.29 is 14.4 Å². The van der Waals surface area contributed by atoms with Gasteiger partial charge in [-0.25, -0.2) is 0 Å². The van der Waals surface area contributed by atoms with E-state index in [2.05, 4.69) is 15.8 Å². The van der Waals surface area contributed by atoms with Crippen LogP contribution in [0.25, 0.3) is 0 Å². The molecule has 1 heterocycles. The zero-order valence-electron chi connectivity index (χ0n) is 13.3. The van der Waals surface area contributed by atoms with Crippen LogP contribution in [0.5, 0.6) is 0 Å². The van der Waals surface area contributed by atoms with Gasteiger partial charge in [0.15, 0.2) is 0 Å². The lowest BCUT2D eigenvalue weighted by atomic mass is 9.96. The predicted octanol–water partition coefficient (Wildman–Crippen LogP) is 2.54. The van der Waals surface area contributed by atoms with E-state index in [1.165, 1.54) is 12.0 Å². The molecule has 0 aliphatic heterocycles. The van der Waals surface area contributed by atoms with Crippen LogP contribution in [0.2, 0.25) is 5.02 Å². The smallest absolute Gasteiger partial charge is 0.252 e. The lowest BCUT2D eigenvalue weighted by molar-refractivity contribution is 0.0945. The Hall–Kier alpha value is -2.05. The van der Waals surface area contributed by atoms with Crippen molar-refractivity contribution in [2.24, 2.45) is 0 Å². The summed E-state index contributed by atoms with van der Waals surface area (Å²) >= 11 is 6.18. The molecule has 0 bridgehead atoms. The Bertz CT molecular complexity index is 730. The quantitative estimate of drug-likeness (QED) is 0.746. The molecule has 0 saturated heterocycles. The summed E-state index contributed by atoms with van der Waals surface area (Å²) in [6, 6.07) is 5.17. The third-order valence-electron chi connectivity index (χ3n) is 4.10. The van der Waals surface area contributed by atoms with Gasteiger partial charge in [0, 0.05) is 24.2 Å². The summed E-state index contributed by atoms with van der Waals surface area (Å²) in [7, 11) is 0. The Morgan fingerprint density at radius 3 is 2.96 bits per heavy atom. The van der Waals surface area contributed by atoms with Crippen molar-refractivity contribution in [1.29, 1.82) is 0 Å². The Morgan fingerprint density at radius 1 is 1.33 bits per heavy atom. The fraction of sp³-hybridized carbons (Fsp3) is 0.412. The number of hydrogen-bond donors (Lipinski definition) is 3. The number of carbonyl (C=O) groups is 1. The zero-order chi connectivity index (χ0) is 16.9. The number of nitrogens with zero attached hydrogens (tertiary/aromatic N) is 1. The number of anilines is 1. The maximum atomic E-state index is 11.9. The Balaban J connectivity index is 1.65. The molecule has 0 unspecified atom stereocenters. The van der Waals surface area contributed by atoms with Gasteiger partial charge in [-0.15, -0.1) is 0 Å². The van der Waals surface area contributed by atoms with Crippen LogP contribution in [-0.2, 0) is 19.4 Å². The summed E-state index contributed by atoms with van der Waals surface area (Å²) in [5.74, 6) is 0.707. The molecule has 0 radical (unpaired) electrons. The van der Waals surface area contributed by atoms with Crippen LogP contribution in [-0.4, -0.2) is 29.3 Å². The number of carbonyl (C=O) groups excluding carboxylic acids is 1. The van der Waals surface area contributed by atoms with Crippen LogP contribution in [0.4, 0.5) is 5.69 Å². The number of rotatable bonds is 6. The SMILES string of the molecule is O=C(NCCO)c1ccc(NCc2noc3c2CCCC3)cc1Cl. The van der Waals surface area contributed by atoms with Crippen molar-refractivity contribution in [3.05, 3.63) is 45.8 Å². The summed E-state index contributed by atoms with van der Waals surface area (Å²) in [5, 5.41) is 19.1. The fourth-order valence-corrected chi connectivity index (χ4v) is 3.11. The van der Waals surface area contributed by atoms with E-state index in [1.807, 2.05) is 0 Å². The second kappa shape index (κ2) is 7.68. The molecule has 1 aliphatic rings. The van der Waals surface area contributed by atoms with Crippen LogP contribution >= 0.6 is 11.6 Å². The standard InChI is InChI=1S/C17H20ClN3O3/c18-14-9-11(5-6-12(14)17(23)19-7-8-22)20-10-15-13-3-1-2-4-16(13)24-21-15/h5-6,9,20,22H,1-4,7-8,10H2,(H,19,23). The van der Waals surface area contributed by atoms with Crippen molar-refractivity contribution in [1.82, 2.24) is 10.5 Å². The van der Waals surface area contributed by atoms with Gasteiger partial charge in [0.1, 0.15) is 11.5 Å². The van der Waals surface area contributed by atoms with E-state index < -0.39 is 0 Å². The van der Waals surface area contributed by atoms with Gasteiger partial charge in [-0.05, 0) is 37.5 Å². The average Bonchev–Trinajstić information content (AvgIpc) is 3.01. The first-order chi connectivity index (χ1) is 11.7. The molecule has 0 atom stereocenters. The molecule has 1 aromatic carbocycles. The molecule has 1 amide bonds. The summed E-state index contributed by atoms with van der Waals surface area (Å²) < 4.78 is 5.40. The highest BCUT2D eigenvalue weighted by atomic mass is 35.5. The highest BCUT2D eigenvalue weighted by Crippen LogP contribution is 2.26. The minimum atomic E-state index is -0.300. The number of aliphatic hydroxyl groups is 1. The van der Waals surface area contributed by atoms with Crippen LogP contribution in [0, 0.1) is 0 Å². The summed E-state index contributed by atoms with van der Waals surface area (Å²) in [6.07, 6.45) is 4.31. The van der Waals surface area contributed by atoms with Crippen molar-refractivity contribution >= 4 is 23.2 Å². The lowest BCUT2D eigenvalue weighted by Crippen LogP contribution is -2.26. The number of hydrogen-bond acceptors (Lipinski definition) is 5. The molecule has 3 N–H and O–H groups in total. The Kier molecular flexibility index (Phi) is 5.37. The highest BCUT2D eigenvalue weighted by molar-refractivity contribution is 6.34. The predicted molar refractivity (Wildman–Crippen MR) is 91.3 cm³/mol. The third kappa shape index (κ3) is 3.71. The second-order valence-electron chi connectivity index (χ2n) is 5.77. The van der Waals surface area contributed by atoms with Crippen LogP contribution < -0.4 is 10.6 Å². The summed E-state index contributed by atoms with van der Waals surface area (Å²) in [6.45, 7) is 0.655. The molecular formula is C17H20ClN3O3. The van der Waals surface area contributed by atoms with Gasteiger partial charge < -0.3 is 20.3 Å². The van der Waals surface area contributed by atoms with Crippen molar-refractivity contribution in [3.8, 4) is 0 Å². The number of halogens is 1. The number of benzene rings is 1. The third-order valence-corrected chi connectivity index (χ3v) is 4.42. The van der Waals surface area contributed by atoms with E-state index in [4.69, 9.17) is 21.2 Å². The molecule has 3 rings (SSSR count). The van der Waals surface area contributed by atoms with Crippen LogP contribution in [0.3, 0.4) is 0 Å². The van der Waals surface area contributed by atoms with Crippen LogP contribution in [0.1, 0.15) is 40.2 Å². The largest absolute Gasteiger partial charge is 0.395 e. The molecule has 128 valence electrons. The first-order valence-electron chi connectivity index (χ1n) is 8.08. The van der Waals surface area contributed by atoms with E-state index in [1.54, 1.807) is 18.2 Å². The molecule has 7 heteroatoms. The number of amides is 1. The Morgan fingerprint density at radius 2 is 2.17 bits per heavy atom. The van der Waals surface area contributed by atoms with Crippen LogP contribution in [0.15, 0.2) is 22.7 Å². The molecule has 1 aliphatic carbocycles. The van der Waals surface area contributed by atoms with E-state index in [0.717, 1.165) is 36.4 Å². The highest BCUT2D eigenvalue weighted by Gasteiger charge is 2.19. The number of fused-ring (bicyclic) bond motifs is 1. The monoisotopic (exact) mass is 349 g/mol. The van der Waals surface area contributed by atoms with E-state index in [0.29, 0.717) is 17.1 Å². The van der Waals surface area contributed by atoms with Gasteiger partial charge >= 0.3 is 0 Å². The average molecular weight is 350 g/mol. The number of nitrogens with one attached hydrogen (secondary N) is 2.